The molecule has 0 spiro atoms. The first-order valence-corrected chi connectivity index (χ1v) is 12.7. The van der Waals surface area contributed by atoms with E-state index in [1.165, 1.54) is 34.7 Å². The molecule has 0 radical (unpaired) electrons. The third-order valence-electron chi connectivity index (χ3n) is 4.67. The average molecular weight is 552 g/mol. The van der Waals surface area contributed by atoms with E-state index in [-0.39, 0.29) is 20.3 Å². The minimum absolute atomic E-state index is 0.00508. The fourth-order valence-electron chi connectivity index (χ4n) is 3.19. The molecule has 2 heterocycles. The second-order valence-electron chi connectivity index (χ2n) is 7.19. The van der Waals surface area contributed by atoms with E-state index in [0.717, 1.165) is 15.8 Å². The van der Waals surface area contributed by atoms with Crippen LogP contribution in [0.25, 0.3) is 11.0 Å². The van der Waals surface area contributed by atoms with Gasteiger partial charge in [0.1, 0.15) is 14.3 Å². The smallest absolute Gasteiger partial charge is 0.275 e. The van der Waals surface area contributed by atoms with Gasteiger partial charge in [-0.3, -0.25) is 14.0 Å². The third kappa shape index (κ3) is 4.01. The minimum Gasteiger partial charge on any atom is -0.382 e. The zero-order valence-electron chi connectivity index (χ0n) is 16.9. The summed E-state index contributed by atoms with van der Waals surface area (Å²) in [5.74, 6) is -0.448. The highest BCUT2D eigenvalue weighted by atomic mass is 79.9. The average Bonchev–Trinajstić information content (AvgIpc) is 3.26. The van der Waals surface area contributed by atoms with Crippen molar-refractivity contribution >= 4 is 65.5 Å². The summed E-state index contributed by atoms with van der Waals surface area (Å²) in [5, 5.41) is 0.401. The summed E-state index contributed by atoms with van der Waals surface area (Å²) in [6.07, 6.45) is 1.60. The van der Waals surface area contributed by atoms with E-state index >= 15 is 0 Å². The highest BCUT2D eigenvalue weighted by Gasteiger charge is 2.29. The van der Waals surface area contributed by atoms with E-state index in [1.807, 2.05) is 0 Å². The number of ketones is 1. The molecule has 2 aromatic heterocycles. The predicted molar refractivity (Wildman–Crippen MR) is 129 cm³/mol. The van der Waals surface area contributed by atoms with Crippen molar-refractivity contribution in [2.45, 2.75) is 9.79 Å². The van der Waals surface area contributed by atoms with Crippen molar-refractivity contribution in [3.05, 3.63) is 90.2 Å². The maximum Gasteiger partial charge on any atom is 0.275 e. The van der Waals surface area contributed by atoms with E-state index < -0.39 is 21.2 Å². The molecule has 164 valence electrons. The van der Waals surface area contributed by atoms with Crippen molar-refractivity contribution in [2.75, 3.05) is 14.1 Å². The van der Waals surface area contributed by atoms with Gasteiger partial charge in [0.15, 0.2) is 0 Å². The van der Waals surface area contributed by atoms with Crippen LogP contribution >= 0.6 is 38.9 Å². The van der Waals surface area contributed by atoms with E-state index in [2.05, 4.69) is 15.9 Å². The van der Waals surface area contributed by atoms with Gasteiger partial charge in [-0.1, -0.05) is 27.5 Å². The van der Waals surface area contributed by atoms with Gasteiger partial charge in [0, 0.05) is 35.4 Å². The van der Waals surface area contributed by atoms with E-state index in [9.17, 15) is 18.0 Å². The van der Waals surface area contributed by atoms with E-state index in [4.69, 9.17) is 11.6 Å². The summed E-state index contributed by atoms with van der Waals surface area (Å²) in [4.78, 5) is 28.2. The van der Waals surface area contributed by atoms with Crippen LogP contribution in [0.3, 0.4) is 0 Å². The van der Waals surface area contributed by atoms with Crippen molar-refractivity contribution in [1.82, 2.24) is 9.30 Å². The van der Waals surface area contributed by atoms with Crippen molar-refractivity contribution in [1.29, 1.82) is 0 Å². The van der Waals surface area contributed by atoms with Gasteiger partial charge in [0.05, 0.1) is 10.6 Å². The Labute approximate surface area is 201 Å². The molecule has 0 unspecified atom stereocenters. The number of hydrogen-bond donors (Lipinski definition) is 0. The number of carbonyl (C=O) groups excluding carboxylic acids is 1. The van der Waals surface area contributed by atoms with Crippen molar-refractivity contribution < 1.29 is 13.2 Å². The highest BCUT2D eigenvalue weighted by Crippen LogP contribution is 2.30. The molecule has 6 nitrogen and oxygen atoms in total. The molecule has 0 aliphatic carbocycles. The van der Waals surface area contributed by atoms with Gasteiger partial charge < -0.3 is 4.90 Å². The zero-order chi connectivity index (χ0) is 23.2. The fraction of sp³-hybridized carbons (Fsp3) is 0.0909. The number of aromatic nitrogens is 1. The lowest BCUT2D eigenvalue weighted by atomic mass is 10.1. The first-order valence-electron chi connectivity index (χ1n) is 9.27. The molecule has 0 saturated heterocycles. The molecule has 0 N–H and O–H groups in total. The molecule has 0 bridgehead atoms. The number of benzene rings is 2. The lowest BCUT2D eigenvalue weighted by Crippen LogP contribution is -2.27. The summed E-state index contributed by atoms with van der Waals surface area (Å²) >= 11 is 10.3. The number of rotatable bonds is 5. The maximum atomic E-state index is 13.4. The molecule has 4 aromatic rings. The number of thiazole rings is 1. The van der Waals surface area contributed by atoms with Crippen LogP contribution in [0.5, 0.6) is 0 Å². The number of carbonyl (C=O) groups is 1. The van der Waals surface area contributed by atoms with Crippen LogP contribution in [0.1, 0.15) is 16.1 Å². The van der Waals surface area contributed by atoms with Crippen LogP contribution in [0.15, 0.2) is 73.7 Å². The number of fused-ring (bicyclic) bond motifs is 1. The Morgan fingerprint density at radius 2 is 1.72 bits per heavy atom. The van der Waals surface area contributed by atoms with E-state index in [0.29, 0.717) is 15.1 Å². The van der Waals surface area contributed by atoms with Crippen LogP contribution in [0.2, 0.25) is 5.02 Å². The topological polar surface area (TPSA) is 75.9 Å². The summed E-state index contributed by atoms with van der Waals surface area (Å²) in [5.41, 5.74) is -0.113. The standard InChI is InChI=1S/C22H16BrClN2O4S2/c1-25(2)12-18-21(28)26-17(20(27)13-3-5-14(23)6-4-13)11-19(22(26)31-18)32(29,30)16-9-7-15(24)8-10-16/h3-12H,1-2H3/b18-12+. The Hall–Kier alpha value is -2.46. The lowest BCUT2D eigenvalue weighted by molar-refractivity contribution is 0.103. The molecule has 10 heteroatoms. The number of halogens is 2. The number of hydrogen-bond acceptors (Lipinski definition) is 6. The van der Waals surface area contributed by atoms with Crippen molar-refractivity contribution in [3.8, 4) is 0 Å². The molecular weight excluding hydrogens is 536 g/mol. The van der Waals surface area contributed by atoms with Gasteiger partial charge in [-0.2, -0.15) is 0 Å². The minimum atomic E-state index is -4.01. The number of nitrogens with zero attached hydrogens (tertiary/aromatic N) is 2. The molecular formula is C22H16BrClN2O4S2. The van der Waals surface area contributed by atoms with Crippen LogP contribution in [0, 0.1) is 0 Å². The molecule has 0 amide bonds. The Balaban J connectivity index is 2.02. The van der Waals surface area contributed by atoms with Crippen molar-refractivity contribution in [2.24, 2.45) is 0 Å². The second-order valence-corrected chi connectivity index (χ2v) is 11.5. The summed E-state index contributed by atoms with van der Waals surface area (Å²) < 4.78 is 29.2. The first kappa shape index (κ1) is 22.7. The summed E-state index contributed by atoms with van der Waals surface area (Å²) in [7, 11) is -0.496. The molecule has 0 atom stereocenters. The van der Waals surface area contributed by atoms with Gasteiger partial charge in [-0.25, -0.2) is 8.42 Å². The van der Waals surface area contributed by atoms with Gasteiger partial charge >= 0.3 is 0 Å². The van der Waals surface area contributed by atoms with Crippen LogP contribution in [0.4, 0.5) is 0 Å². The Morgan fingerprint density at radius 3 is 2.31 bits per heavy atom. The van der Waals surface area contributed by atoms with Crippen LogP contribution < -0.4 is 10.1 Å². The lowest BCUT2D eigenvalue weighted by Gasteiger charge is -2.02. The largest absolute Gasteiger partial charge is 0.382 e. The van der Waals surface area contributed by atoms with Gasteiger partial charge in [-0.15, -0.1) is 11.3 Å². The molecule has 4 rings (SSSR count). The van der Waals surface area contributed by atoms with Gasteiger partial charge in [0.25, 0.3) is 5.56 Å². The Morgan fingerprint density at radius 1 is 1.09 bits per heavy atom. The van der Waals surface area contributed by atoms with Crippen LogP contribution in [-0.2, 0) is 9.84 Å². The SMILES string of the molecule is CN(C)/C=c1/sc2c(S(=O)(=O)c3ccc(Cl)cc3)cc(C(=O)c3ccc(Br)cc3)n2c1=O. The quantitative estimate of drug-likeness (QED) is 0.352. The molecule has 0 saturated carbocycles. The summed E-state index contributed by atoms with van der Waals surface area (Å²) in [6.45, 7) is 0. The molecule has 0 aliphatic rings. The molecule has 0 fully saturated rings. The second kappa shape index (κ2) is 8.47. The first-order chi connectivity index (χ1) is 15.1. The van der Waals surface area contributed by atoms with E-state index in [1.54, 1.807) is 49.5 Å². The fourth-order valence-corrected chi connectivity index (χ4v) is 6.45. The molecule has 2 aromatic carbocycles. The molecule has 0 aliphatic heterocycles. The van der Waals surface area contributed by atoms with Crippen LogP contribution in [-0.4, -0.2) is 37.6 Å². The monoisotopic (exact) mass is 550 g/mol. The van der Waals surface area contributed by atoms with Gasteiger partial charge in [-0.05, 0) is 54.6 Å². The summed E-state index contributed by atoms with van der Waals surface area (Å²) in [6, 6.07) is 13.7. The Kier molecular flexibility index (Phi) is 6.02. The number of sulfone groups is 1. The predicted octanol–water partition coefficient (Wildman–Crippen LogP) is 3.86. The van der Waals surface area contributed by atoms with Gasteiger partial charge in [0.2, 0.25) is 15.6 Å². The van der Waals surface area contributed by atoms with Crippen molar-refractivity contribution in [3.63, 3.8) is 0 Å². The zero-order valence-corrected chi connectivity index (χ0v) is 20.8. The Bertz CT molecular complexity index is 1560. The highest BCUT2D eigenvalue weighted by molar-refractivity contribution is 9.10. The third-order valence-corrected chi connectivity index (χ3v) is 8.46. The normalized spacial score (nSPS) is 12.4. The molecule has 32 heavy (non-hydrogen) atoms. The maximum absolute atomic E-state index is 13.4.